The van der Waals surface area contributed by atoms with E-state index in [9.17, 15) is 9.59 Å². The maximum Gasteiger partial charge on any atom is 0.256 e. The second-order valence-electron chi connectivity index (χ2n) is 5.01. The number of rotatable bonds is 1. The number of carbonyl (C=O) groups excluding carboxylic acids is 2. The molecule has 1 heterocycles. The second kappa shape index (κ2) is 4.74. The van der Waals surface area contributed by atoms with Gasteiger partial charge in [-0.15, -0.1) is 0 Å². The summed E-state index contributed by atoms with van der Waals surface area (Å²) < 4.78 is 0. The van der Waals surface area contributed by atoms with Crippen molar-refractivity contribution in [3.05, 3.63) is 28.8 Å². The first-order valence-electron chi connectivity index (χ1n) is 5.99. The predicted octanol–water partition coefficient (Wildman–Crippen LogP) is 1.27. The van der Waals surface area contributed by atoms with Crippen LogP contribution in [0.25, 0.3) is 0 Å². The van der Waals surface area contributed by atoms with Gasteiger partial charge in [0, 0.05) is 18.8 Å². The van der Waals surface area contributed by atoms with Crippen LogP contribution in [0, 0.1) is 0 Å². The number of anilines is 1. The number of hydrogen-bond donors (Lipinski definition) is 2. The molecule has 0 aromatic heterocycles. The molecule has 19 heavy (non-hydrogen) atoms. The largest absolute Gasteiger partial charge is 0.399 e. The smallest absolute Gasteiger partial charge is 0.256 e. The third kappa shape index (κ3) is 2.38. The van der Waals surface area contributed by atoms with Crippen molar-refractivity contribution in [2.75, 3.05) is 18.8 Å². The van der Waals surface area contributed by atoms with Crippen LogP contribution in [0.15, 0.2) is 18.2 Å². The third-order valence-electron chi connectivity index (χ3n) is 3.32. The minimum absolute atomic E-state index is 0.174. The minimum atomic E-state index is -0.900. The van der Waals surface area contributed by atoms with Gasteiger partial charge < -0.3 is 16.0 Å². The van der Waals surface area contributed by atoms with Crippen LogP contribution in [0.4, 0.5) is 5.69 Å². The predicted molar refractivity (Wildman–Crippen MR) is 74.0 cm³/mol. The van der Waals surface area contributed by atoms with Gasteiger partial charge in [0.25, 0.3) is 5.91 Å². The number of nitrogens with two attached hydrogens (primary N) is 1. The van der Waals surface area contributed by atoms with Gasteiger partial charge in [0.2, 0.25) is 5.91 Å². The van der Waals surface area contributed by atoms with Crippen LogP contribution in [-0.4, -0.2) is 35.3 Å². The van der Waals surface area contributed by atoms with Crippen LogP contribution in [0.3, 0.4) is 0 Å². The average molecular weight is 282 g/mol. The molecular formula is C13H16ClN3O2. The zero-order valence-electron chi connectivity index (χ0n) is 10.9. The Bertz CT molecular complexity index is 543. The van der Waals surface area contributed by atoms with Crippen molar-refractivity contribution in [1.29, 1.82) is 0 Å². The topological polar surface area (TPSA) is 75.4 Å². The third-order valence-corrected chi connectivity index (χ3v) is 3.65. The lowest BCUT2D eigenvalue weighted by Crippen LogP contribution is -2.63. The summed E-state index contributed by atoms with van der Waals surface area (Å²) in [7, 11) is 0. The summed E-state index contributed by atoms with van der Waals surface area (Å²) in [5.41, 5.74) is 5.57. The van der Waals surface area contributed by atoms with Gasteiger partial charge in [0.15, 0.2) is 0 Å². The van der Waals surface area contributed by atoms with Crippen LogP contribution in [0.5, 0.6) is 0 Å². The number of nitrogens with zero attached hydrogens (tertiary/aromatic N) is 1. The lowest BCUT2D eigenvalue weighted by atomic mass is 9.97. The number of hydrogen-bond acceptors (Lipinski definition) is 3. The maximum atomic E-state index is 12.5. The highest BCUT2D eigenvalue weighted by Crippen LogP contribution is 2.25. The van der Waals surface area contributed by atoms with Crippen molar-refractivity contribution in [2.24, 2.45) is 0 Å². The fraction of sp³-hybridized carbons (Fsp3) is 0.385. The molecule has 1 saturated heterocycles. The van der Waals surface area contributed by atoms with Crippen LogP contribution < -0.4 is 11.1 Å². The van der Waals surface area contributed by atoms with E-state index in [0.717, 1.165) is 0 Å². The summed E-state index contributed by atoms with van der Waals surface area (Å²) in [4.78, 5) is 25.9. The van der Waals surface area contributed by atoms with E-state index in [1.165, 1.54) is 11.0 Å². The highest BCUT2D eigenvalue weighted by atomic mass is 35.5. The fourth-order valence-corrected chi connectivity index (χ4v) is 2.31. The SMILES string of the molecule is CC1(C)C(=O)NCCN1C(=O)c1cc(N)ccc1Cl. The second-order valence-corrected chi connectivity index (χ2v) is 5.42. The van der Waals surface area contributed by atoms with Gasteiger partial charge in [-0.2, -0.15) is 0 Å². The molecule has 0 saturated carbocycles. The summed E-state index contributed by atoms with van der Waals surface area (Å²) in [5, 5.41) is 3.08. The molecule has 1 aromatic carbocycles. The molecule has 102 valence electrons. The normalized spacial score (nSPS) is 18.1. The van der Waals surface area contributed by atoms with E-state index in [0.29, 0.717) is 29.4 Å². The van der Waals surface area contributed by atoms with E-state index in [4.69, 9.17) is 17.3 Å². The number of carbonyl (C=O) groups is 2. The molecule has 3 N–H and O–H groups in total. The van der Waals surface area contributed by atoms with Crippen molar-refractivity contribution in [3.63, 3.8) is 0 Å². The number of benzene rings is 1. The summed E-state index contributed by atoms with van der Waals surface area (Å²) >= 11 is 6.04. The molecule has 5 nitrogen and oxygen atoms in total. The van der Waals surface area contributed by atoms with E-state index >= 15 is 0 Å². The molecule has 0 aliphatic carbocycles. The molecule has 0 unspecified atom stereocenters. The van der Waals surface area contributed by atoms with Gasteiger partial charge in [-0.25, -0.2) is 0 Å². The summed E-state index contributed by atoms with van der Waals surface area (Å²) in [6.45, 7) is 4.30. The van der Waals surface area contributed by atoms with Gasteiger partial charge in [-0.05, 0) is 32.0 Å². The quantitative estimate of drug-likeness (QED) is 0.761. The van der Waals surface area contributed by atoms with Gasteiger partial charge >= 0.3 is 0 Å². The molecule has 0 bridgehead atoms. The van der Waals surface area contributed by atoms with Crippen LogP contribution in [-0.2, 0) is 4.79 Å². The Labute approximate surface area is 116 Å². The molecule has 2 amide bonds. The lowest BCUT2D eigenvalue weighted by molar-refractivity contribution is -0.133. The first-order valence-corrected chi connectivity index (χ1v) is 6.37. The number of piperazine rings is 1. The number of halogens is 1. The molecule has 0 radical (unpaired) electrons. The molecule has 1 fully saturated rings. The Kier molecular flexibility index (Phi) is 3.41. The standard InChI is InChI=1S/C13H16ClN3O2/c1-13(2)12(19)16-5-6-17(13)11(18)9-7-8(15)3-4-10(9)14/h3-4,7H,5-6,15H2,1-2H3,(H,16,19). The molecule has 6 heteroatoms. The van der Waals surface area contributed by atoms with E-state index in [2.05, 4.69) is 5.32 Å². The van der Waals surface area contributed by atoms with Crippen molar-refractivity contribution in [2.45, 2.75) is 19.4 Å². The highest BCUT2D eigenvalue weighted by molar-refractivity contribution is 6.34. The monoisotopic (exact) mass is 281 g/mol. The Morgan fingerprint density at radius 2 is 2.16 bits per heavy atom. The van der Waals surface area contributed by atoms with Crippen molar-refractivity contribution >= 4 is 29.1 Å². The molecule has 1 aromatic rings. The van der Waals surface area contributed by atoms with E-state index < -0.39 is 5.54 Å². The van der Waals surface area contributed by atoms with Crippen LogP contribution in [0.2, 0.25) is 5.02 Å². The number of nitrogens with one attached hydrogen (secondary N) is 1. The Balaban J connectivity index is 2.38. The van der Waals surface area contributed by atoms with Gasteiger partial charge in [-0.3, -0.25) is 9.59 Å². The molecule has 0 atom stereocenters. The summed E-state index contributed by atoms with van der Waals surface area (Å²) in [6, 6.07) is 4.75. The maximum absolute atomic E-state index is 12.5. The zero-order valence-corrected chi connectivity index (χ0v) is 11.6. The van der Waals surface area contributed by atoms with E-state index in [1.54, 1.807) is 26.0 Å². The van der Waals surface area contributed by atoms with Gasteiger partial charge in [0.05, 0.1) is 10.6 Å². The Hall–Kier alpha value is -1.75. The minimum Gasteiger partial charge on any atom is -0.399 e. The van der Waals surface area contributed by atoms with Crippen molar-refractivity contribution in [1.82, 2.24) is 10.2 Å². The molecule has 1 aliphatic rings. The molecule has 0 spiro atoms. The highest BCUT2D eigenvalue weighted by Gasteiger charge is 2.41. The molecule has 1 aliphatic heterocycles. The average Bonchev–Trinajstić information content (AvgIpc) is 2.35. The van der Waals surface area contributed by atoms with Crippen molar-refractivity contribution in [3.8, 4) is 0 Å². The Morgan fingerprint density at radius 1 is 1.47 bits per heavy atom. The first kappa shape index (κ1) is 13.7. The first-order chi connectivity index (χ1) is 8.84. The van der Waals surface area contributed by atoms with E-state index in [-0.39, 0.29) is 11.8 Å². The lowest BCUT2D eigenvalue weighted by Gasteiger charge is -2.41. The Morgan fingerprint density at radius 3 is 2.84 bits per heavy atom. The van der Waals surface area contributed by atoms with Gasteiger partial charge in [0.1, 0.15) is 5.54 Å². The number of amides is 2. The fourth-order valence-electron chi connectivity index (χ4n) is 2.11. The molecule has 2 rings (SSSR count). The van der Waals surface area contributed by atoms with Crippen LogP contribution in [0.1, 0.15) is 24.2 Å². The van der Waals surface area contributed by atoms with Crippen LogP contribution >= 0.6 is 11.6 Å². The summed E-state index contributed by atoms with van der Waals surface area (Å²) in [6.07, 6.45) is 0. The van der Waals surface area contributed by atoms with Crippen molar-refractivity contribution < 1.29 is 9.59 Å². The van der Waals surface area contributed by atoms with E-state index in [1.807, 2.05) is 0 Å². The molecular weight excluding hydrogens is 266 g/mol. The number of nitrogen functional groups attached to an aromatic ring is 1. The zero-order chi connectivity index (χ0) is 14.2. The van der Waals surface area contributed by atoms with Gasteiger partial charge in [-0.1, -0.05) is 11.6 Å². The summed E-state index contributed by atoms with van der Waals surface area (Å²) in [5.74, 6) is -0.454.